The number of amides is 2. The average Bonchev–Trinajstić information content (AvgIpc) is 2.73. The number of aliphatic carboxylic acids is 1. The van der Waals surface area contributed by atoms with Gasteiger partial charge in [-0.1, -0.05) is 20.8 Å². The summed E-state index contributed by atoms with van der Waals surface area (Å²) in [4.78, 5) is 22.7. The maximum atomic E-state index is 11.6. The molecule has 104 valence electrons. The van der Waals surface area contributed by atoms with Crippen molar-refractivity contribution < 1.29 is 19.4 Å². The van der Waals surface area contributed by atoms with E-state index in [0.717, 1.165) is 19.4 Å². The van der Waals surface area contributed by atoms with Crippen LogP contribution in [0.3, 0.4) is 0 Å². The minimum absolute atomic E-state index is 0.0497. The third-order valence-corrected chi connectivity index (χ3v) is 2.90. The summed E-state index contributed by atoms with van der Waals surface area (Å²) in [6.07, 6.45) is 1.99. The number of nitrogens with one attached hydrogen (secondary N) is 2. The molecule has 0 radical (unpaired) electrons. The van der Waals surface area contributed by atoms with Crippen LogP contribution in [0.4, 0.5) is 4.79 Å². The number of carboxylic acids is 1. The first kappa shape index (κ1) is 14.8. The Kier molecular flexibility index (Phi) is 4.95. The molecule has 0 aromatic carbocycles. The molecule has 1 heterocycles. The molecular formula is C12H22N2O4. The lowest BCUT2D eigenvalue weighted by Gasteiger charge is -2.27. The maximum Gasteiger partial charge on any atom is 0.326 e. The van der Waals surface area contributed by atoms with Crippen LogP contribution in [0.5, 0.6) is 0 Å². The molecule has 2 amide bonds. The van der Waals surface area contributed by atoms with E-state index in [1.165, 1.54) is 0 Å². The standard InChI is InChI=1S/C12H22N2O4/c1-12(2,3)9(10(15)16)14-11(17)13-7-8-5-4-6-18-8/h8-9H,4-7H2,1-3H3,(H,15,16)(H2,13,14,17). The van der Waals surface area contributed by atoms with Gasteiger partial charge in [0.2, 0.25) is 0 Å². The van der Waals surface area contributed by atoms with Gasteiger partial charge in [0.05, 0.1) is 6.10 Å². The predicted octanol–water partition coefficient (Wildman–Crippen LogP) is 0.964. The van der Waals surface area contributed by atoms with E-state index in [4.69, 9.17) is 9.84 Å². The number of rotatable bonds is 4. The van der Waals surface area contributed by atoms with Crippen LogP contribution in [-0.4, -0.2) is 42.4 Å². The quantitative estimate of drug-likeness (QED) is 0.701. The Hall–Kier alpha value is -1.30. The van der Waals surface area contributed by atoms with Gasteiger partial charge in [-0.05, 0) is 18.3 Å². The number of carbonyl (C=O) groups excluding carboxylic acids is 1. The zero-order chi connectivity index (χ0) is 13.8. The van der Waals surface area contributed by atoms with Gasteiger partial charge in [0.25, 0.3) is 0 Å². The van der Waals surface area contributed by atoms with E-state index in [0.29, 0.717) is 6.54 Å². The van der Waals surface area contributed by atoms with E-state index < -0.39 is 23.5 Å². The van der Waals surface area contributed by atoms with Crippen LogP contribution in [0, 0.1) is 5.41 Å². The van der Waals surface area contributed by atoms with Gasteiger partial charge in [-0.15, -0.1) is 0 Å². The number of carboxylic acid groups (broad SMARTS) is 1. The molecular weight excluding hydrogens is 236 g/mol. The second-order valence-electron chi connectivity index (χ2n) is 5.63. The van der Waals surface area contributed by atoms with Crippen LogP contribution in [0.15, 0.2) is 0 Å². The number of ether oxygens (including phenoxy) is 1. The molecule has 2 unspecified atom stereocenters. The van der Waals surface area contributed by atoms with Gasteiger partial charge in [-0.2, -0.15) is 0 Å². The SMILES string of the molecule is CC(C)(C)C(NC(=O)NCC1CCCO1)C(=O)O. The normalized spacial score (nSPS) is 21.4. The largest absolute Gasteiger partial charge is 0.480 e. The summed E-state index contributed by atoms with van der Waals surface area (Å²) in [6, 6.07) is -1.38. The van der Waals surface area contributed by atoms with Crippen molar-refractivity contribution in [1.29, 1.82) is 0 Å². The lowest BCUT2D eigenvalue weighted by Crippen LogP contribution is -2.53. The van der Waals surface area contributed by atoms with Crippen molar-refractivity contribution in [2.24, 2.45) is 5.41 Å². The summed E-state index contributed by atoms with van der Waals surface area (Å²) in [5.41, 5.74) is -0.535. The van der Waals surface area contributed by atoms with Crippen LogP contribution in [0.2, 0.25) is 0 Å². The molecule has 6 nitrogen and oxygen atoms in total. The van der Waals surface area contributed by atoms with E-state index in [1.54, 1.807) is 20.8 Å². The predicted molar refractivity (Wildman–Crippen MR) is 66.4 cm³/mol. The highest BCUT2D eigenvalue weighted by Gasteiger charge is 2.32. The van der Waals surface area contributed by atoms with Crippen molar-refractivity contribution in [2.75, 3.05) is 13.2 Å². The molecule has 1 saturated heterocycles. The molecule has 0 spiro atoms. The van der Waals surface area contributed by atoms with E-state index in [9.17, 15) is 9.59 Å². The number of urea groups is 1. The van der Waals surface area contributed by atoms with Gasteiger partial charge >= 0.3 is 12.0 Å². The Morgan fingerprint density at radius 2 is 2.11 bits per heavy atom. The lowest BCUT2D eigenvalue weighted by molar-refractivity contribution is -0.141. The van der Waals surface area contributed by atoms with Gasteiger partial charge in [-0.3, -0.25) is 0 Å². The third-order valence-electron chi connectivity index (χ3n) is 2.90. The highest BCUT2D eigenvalue weighted by Crippen LogP contribution is 2.19. The Morgan fingerprint density at radius 3 is 2.56 bits per heavy atom. The fourth-order valence-electron chi connectivity index (χ4n) is 1.84. The lowest BCUT2D eigenvalue weighted by atomic mass is 9.87. The number of hydrogen-bond donors (Lipinski definition) is 3. The third kappa shape index (κ3) is 4.52. The van der Waals surface area contributed by atoms with E-state index in [1.807, 2.05) is 0 Å². The molecule has 0 aromatic heterocycles. The first-order valence-corrected chi connectivity index (χ1v) is 6.19. The van der Waals surface area contributed by atoms with Crippen molar-refractivity contribution in [3.05, 3.63) is 0 Å². The molecule has 0 saturated carbocycles. The van der Waals surface area contributed by atoms with Crippen LogP contribution in [0.25, 0.3) is 0 Å². The molecule has 0 aliphatic carbocycles. The van der Waals surface area contributed by atoms with Crippen molar-refractivity contribution in [2.45, 2.75) is 45.8 Å². The molecule has 0 bridgehead atoms. The van der Waals surface area contributed by atoms with Gasteiger partial charge in [0.15, 0.2) is 0 Å². The minimum Gasteiger partial charge on any atom is -0.480 e. The first-order valence-electron chi connectivity index (χ1n) is 6.19. The molecule has 3 N–H and O–H groups in total. The van der Waals surface area contributed by atoms with Gasteiger partial charge in [0.1, 0.15) is 6.04 Å². The van der Waals surface area contributed by atoms with Crippen molar-refractivity contribution in [1.82, 2.24) is 10.6 Å². The highest BCUT2D eigenvalue weighted by atomic mass is 16.5. The molecule has 6 heteroatoms. The second kappa shape index (κ2) is 6.04. The summed E-state index contributed by atoms with van der Waals surface area (Å²) in [7, 11) is 0. The van der Waals surface area contributed by atoms with Crippen molar-refractivity contribution in [3.8, 4) is 0 Å². The average molecular weight is 258 g/mol. The van der Waals surface area contributed by atoms with Crippen LogP contribution >= 0.6 is 0 Å². The molecule has 2 atom stereocenters. The van der Waals surface area contributed by atoms with E-state index in [-0.39, 0.29) is 6.10 Å². The molecule has 18 heavy (non-hydrogen) atoms. The summed E-state index contributed by atoms with van der Waals surface area (Å²) in [5.74, 6) is -1.03. The molecule has 1 rings (SSSR count). The van der Waals surface area contributed by atoms with Crippen LogP contribution in [-0.2, 0) is 9.53 Å². The Bertz CT molecular complexity index is 306. The van der Waals surface area contributed by atoms with Gasteiger partial charge in [0, 0.05) is 13.2 Å². The molecule has 1 fully saturated rings. The second-order valence-corrected chi connectivity index (χ2v) is 5.63. The summed E-state index contributed by atoms with van der Waals surface area (Å²) in [5, 5.41) is 14.2. The van der Waals surface area contributed by atoms with Gasteiger partial charge in [-0.25, -0.2) is 9.59 Å². The zero-order valence-corrected chi connectivity index (χ0v) is 11.2. The van der Waals surface area contributed by atoms with Crippen molar-refractivity contribution in [3.63, 3.8) is 0 Å². The van der Waals surface area contributed by atoms with Crippen LogP contribution < -0.4 is 10.6 Å². The smallest absolute Gasteiger partial charge is 0.326 e. The van der Waals surface area contributed by atoms with Crippen LogP contribution in [0.1, 0.15) is 33.6 Å². The molecule has 1 aliphatic heterocycles. The number of carbonyl (C=O) groups is 2. The van der Waals surface area contributed by atoms with Gasteiger partial charge < -0.3 is 20.5 Å². The topological polar surface area (TPSA) is 87.7 Å². The monoisotopic (exact) mass is 258 g/mol. The van der Waals surface area contributed by atoms with E-state index >= 15 is 0 Å². The molecule has 1 aliphatic rings. The summed E-state index contributed by atoms with van der Waals surface area (Å²) < 4.78 is 5.36. The first-order chi connectivity index (χ1) is 8.30. The van der Waals surface area contributed by atoms with Crippen molar-refractivity contribution >= 4 is 12.0 Å². The highest BCUT2D eigenvalue weighted by molar-refractivity contribution is 5.83. The Labute approximate surface area is 107 Å². The summed E-state index contributed by atoms with van der Waals surface area (Å²) >= 11 is 0. The number of hydrogen-bond acceptors (Lipinski definition) is 3. The molecule has 0 aromatic rings. The zero-order valence-electron chi connectivity index (χ0n) is 11.2. The summed E-state index contributed by atoms with van der Waals surface area (Å²) in [6.45, 7) is 6.46. The fourth-order valence-corrected chi connectivity index (χ4v) is 1.84. The Balaban J connectivity index is 2.39. The maximum absolute atomic E-state index is 11.6. The Morgan fingerprint density at radius 1 is 1.44 bits per heavy atom. The fraction of sp³-hybridized carbons (Fsp3) is 0.833. The minimum atomic E-state index is -1.03. The van der Waals surface area contributed by atoms with E-state index in [2.05, 4.69) is 10.6 Å².